The number of anilines is 1. The second-order valence-electron chi connectivity index (χ2n) is 7.27. The highest BCUT2D eigenvalue weighted by Crippen LogP contribution is 2.25. The van der Waals surface area contributed by atoms with E-state index in [1.54, 1.807) is 0 Å². The van der Waals surface area contributed by atoms with E-state index >= 15 is 0 Å². The number of hydrogen-bond donors (Lipinski definition) is 1. The maximum Gasteiger partial charge on any atom is 0.150 e. The molecule has 1 aliphatic heterocycles. The molecule has 148 valence electrons. The summed E-state index contributed by atoms with van der Waals surface area (Å²) in [5, 5.41) is 9.00. The van der Waals surface area contributed by atoms with Gasteiger partial charge in [-0.15, -0.1) is 0 Å². The van der Waals surface area contributed by atoms with Gasteiger partial charge in [0.15, 0.2) is 5.76 Å². The average molecular weight is 402 g/mol. The van der Waals surface area contributed by atoms with Gasteiger partial charge in [0.05, 0.1) is 30.4 Å². The summed E-state index contributed by atoms with van der Waals surface area (Å²) in [5.74, 6) is 2.36. The number of benzene rings is 1. The van der Waals surface area contributed by atoms with Gasteiger partial charge in [0.1, 0.15) is 11.6 Å². The Hall–Kier alpha value is -2.22. The summed E-state index contributed by atoms with van der Waals surface area (Å²) in [7, 11) is 2.00. The molecule has 1 atom stereocenters. The van der Waals surface area contributed by atoms with E-state index in [-0.39, 0.29) is 6.10 Å². The molecule has 1 unspecified atom stereocenters. The molecular weight excluding hydrogens is 378 g/mol. The van der Waals surface area contributed by atoms with Gasteiger partial charge in [-0.3, -0.25) is 4.90 Å². The van der Waals surface area contributed by atoms with E-state index in [1.807, 2.05) is 38.2 Å². The number of aryl methyl sites for hydroxylation is 1. The van der Waals surface area contributed by atoms with Crippen molar-refractivity contribution in [2.24, 2.45) is 0 Å². The number of hydrogen-bond acceptors (Lipinski definition) is 7. The van der Waals surface area contributed by atoms with Crippen molar-refractivity contribution in [2.75, 3.05) is 25.5 Å². The van der Waals surface area contributed by atoms with Crippen LogP contribution >= 0.6 is 11.6 Å². The fourth-order valence-electron chi connectivity index (χ4n) is 3.43. The van der Waals surface area contributed by atoms with Crippen LogP contribution in [-0.4, -0.2) is 46.3 Å². The molecule has 0 amide bonds. The molecular formula is C20H24ClN5O2. The van der Waals surface area contributed by atoms with Crippen LogP contribution in [0.1, 0.15) is 30.1 Å². The van der Waals surface area contributed by atoms with Crippen LogP contribution in [-0.2, 0) is 17.8 Å². The van der Waals surface area contributed by atoms with Gasteiger partial charge < -0.3 is 14.6 Å². The van der Waals surface area contributed by atoms with Gasteiger partial charge >= 0.3 is 0 Å². The van der Waals surface area contributed by atoms with Crippen molar-refractivity contribution in [3.05, 3.63) is 46.6 Å². The first-order chi connectivity index (χ1) is 13.6. The third-order valence-electron chi connectivity index (χ3n) is 4.74. The molecule has 1 aromatic carbocycles. The lowest BCUT2D eigenvalue weighted by Crippen LogP contribution is -2.21. The van der Waals surface area contributed by atoms with Gasteiger partial charge in [-0.2, -0.15) is 0 Å². The predicted molar refractivity (Wildman–Crippen MR) is 108 cm³/mol. The first-order valence-electron chi connectivity index (χ1n) is 9.49. The van der Waals surface area contributed by atoms with E-state index < -0.39 is 0 Å². The van der Waals surface area contributed by atoms with Gasteiger partial charge in [-0.1, -0.05) is 16.8 Å². The van der Waals surface area contributed by atoms with E-state index in [4.69, 9.17) is 30.8 Å². The zero-order chi connectivity index (χ0) is 19.5. The minimum absolute atomic E-state index is 0.234. The Morgan fingerprint density at radius 3 is 2.89 bits per heavy atom. The minimum atomic E-state index is 0.234. The summed E-state index contributed by atoms with van der Waals surface area (Å²) < 4.78 is 11.0. The van der Waals surface area contributed by atoms with Crippen molar-refractivity contribution >= 4 is 28.3 Å². The van der Waals surface area contributed by atoms with Crippen LogP contribution in [0.5, 0.6) is 0 Å². The van der Waals surface area contributed by atoms with Gasteiger partial charge in [-0.25, -0.2) is 9.97 Å². The highest BCUT2D eigenvalue weighted by atomic mass is 35.5. The monoisotopic (exact) mass is 401 g/mol. The molecule has 1 N–H and O–H groups in total. The van der Waals surface area contributed by atoms with Crippen molar-refractivity contribution in [3.8, 4) is 0 Å². The predicted octanol–water partition coefficient (Wildman–Crippen LogP) is 3.80. The molecule has 4 rings (SSSR count). The Kier molecular flexibility index (Phi) is 5.75. The topological polar surface area (TPSA) is 76.3 Å². The van der Waals surface area contributed by atoms with Crippen LogP contribution in [0.15, 0.2) is 28.8 Å². The van der Waals surface area contributed by atoms with Gasteiger partial charge in [0.25, 0.3) is 0 Å². The van der Waals surface area contributed by atoms with Crippen LogP contribution in [0.25, 0.3) is 10.9 Å². The van der Waals surface area contributed by atoms with Crippen LogP contribution in [0, 0.1) is 6.92 Å². The second-order valence-corrected chi connectivity index (χ2v) is 7.71. The van der Waals surface area contributed by atoms with Crippen molar-refractivity contribution in [1.29, 1.82) is 0 Å². The number of nitrogens with zero attached hydrogens (tertiary/aromatic N) is 4. The van der Waals surface area contributed by atoms with E-state index in [9.17, 15) is 0 Å². The molecule has 1 saturated heterocycles. The Balaban J connectivity index is 1.54. The molecule has 28 heavy (non-hydrogen) atoms. The minimum Gasteiger partial charge on any atom is -0.376 e. The van der Waals surface area contributed by atoms with Gasteiger partial charge in [-0.05, 0) is 45.0 Å². The molecule has 2 aromatic heterocycles. The standard InChI is InChI=1S/C20H24ClN5O2/c1-13-8-16(28-25-13)11-26(2)12-19-23-18-9-14(21)5-6-17(18)20(24-19)22-10-15-4-3-7-27-15/h5-6,8-9,15H,3-4,7,10-12H2,1-2H3,(H,22,23,24). The van der Waals surface area contributed by atoms with Crippen LogP contribution in [0.2, 0.25) is 5.02 Å². The largest absolute Gasteiger partial charge is 0.376 e. The lowest BCUT2D eigenvalue weighted by molar-refractivity contribution is 0.120. The second kappa shape index (κ2) is 8.43. The molecule has 3 heterocycles. The van der Waals surface area contributed by atoms with E-state index in [0.717, 1.165) is 60.0 Å². The van der Waals surface area contributed by atoms with Crippen molar-refractivity contribution < 1.29 is 9.26 Å². The third kappa shape index (κ3) is 4.60. The molecule has 0 saturated carbocycles. The summed E-state index contributed by atoms with van der Waals surface area (Å²) in [5.41, 5.74) is 1.71. The molecule has 0 radical (unpaired) electrons. The zero-order valence-corrected chi connectivity index (χ0v) is 16.9. The summed E-state index contributed by atoms with van der Waals surface area (Å²) in [6.07, 6.45) is 2.43. The van der Waals surface area contributed by atoms with E-state index in [2.05, 4.69) is 15.4 Å². The highest BCUT2D eigenvalue weighted by Gasteiger charge is 2.17. The van der Waals surface area contributed by atoms with Crippen LogP contribution < -0.4 is 5.32 Å². The average Bonchev–Trinajstić information content (AvgIpc) is 3.31. The molecule has 0 spiro atoms. The maximum absolute atomic E-state index is 6.19. The molecule has 0 bridgehead atoms. The SMILES string of the molecule is Cc1cc(CN(C)Cc2nc(NCC3CCCO3)c3ccc(Cl)cc3n2)on1. The summed E-state index contributed by atoms with van der Waals surface area (Å²) in [4.78, 5) is 11.6. The smallest absolute Gasteiger partial charge is 0.150 e. The number of nitrogens with one attached hydrogen (secondary N) is 1. The molecule has 1 aliphatic rings. The highest BCUT2D eigenvalue weighted by molar-refractivity contribution is 6.31. The zero-order valence-electron chi connectivity index (χ0n) is 16.1. The number of halogens is 1. The van der Waals surface area contributed by atoms with Crippen LogP contribution in [0.4, 0.5) is 5.82 Å². The fraction of sp³-hybridized carbons (Fsp3) is 0.450. The lowest BCUT2D eigenvalue weighted by atomic mass is 10.2. The first kappa shape index (κ1) is 19.1. The fourth-order valence-corrected chi connectivity index (χ4v) is 3.59. The molecule has 8 heteroatoms. The Morgan fingerprint density at radius 2 is 2.14 bits per heavy atom. The number of rotatable bonds is 7. The van der Waals surface area contributed by atoms with Gasteiger partial charge in [0, 0.05) is 29.6 Å². The Labute approximate surface area is 169 Å². The van der Waals surface area contributed by atoms with Gasteiger partial charge in [0.2, 0.25) is 0 Å². The Morgan fingerprint density at radius 1 is 1.25 bits per heavy atom. The molecule has 0 aliphatic carbocycles. The molecule has 3 aromatic rings. The van der Waals surface area contributed by atoms with Crippen molar-refractivity contribution in [3.63, 3.8) is 0 Å². The summed E-state index contributed by atoms with van der Waals surface area (Å²) in [6.45, 7) is 4.70. The van der Waals surface area contributed by atoms with Crippen molar-refractivity contribution in [1.82, 2.24) is 20.0 Å². The normalized spacial score (nSPS) is 16.9. The maximum atomic E-state index is 6.19. The molecule has 1 fully saturated rings. The quantitative estimate of drug-likeness (QED) is 0.645. The van der Waals surface area contributed by atoms with Crippen molar-refractivity contribution in [2.45, 2.75) is 39.0 Å². The summed E-state index contributed by atoms with van der Waals surface area (Å²) in [6, 6.07) is 7.63. The number of aromatic nitrogens is 3. The number of fused-ring (bicyclic) bond motifs is 1. The van der Waals surface area contributed by atoms with Crippen LogP contribution in [0.3, 0.4) is 0 Å². The Bertz CT molecular complexity index is 955. The first-order valence-corrected chi connectivity index (χ1v) is 9.87. The van der Waals surface area contributed by atoms with E-state index in [0.29, 0.717) is 18.1 Å². The lowest BCUT2D eigenvalue weighted by Gasteiger charge is -2.17. The van der Waals surface area contributed by atoms with E-state index in [1.165, 1.54) is 0 Å². The molecule has 7 nitrogen and oxygen atoms in total. The number of ether oxygens (including phenoxy) is 1. The third-order valence-corrected chi connectivity index (χ3v) is 4.98. The summed E-state index contributed by atoms with van der Waals surface area (Å²) >= 11 is 6.19.